The molecule has 31 heavy (non-hydrogen) atoms. The Morgan fingerprint density at radius 3 is 2.13 bits per heavy atom. The molecule has 8 heteroatoms. The Labute approximate surface area is 179 Å². The van der Waals surface area contributed by atoms with Crippen LogP contribution in [-0.4, -0.2) is 46.1 Å². The monoisotopic (exact) mass is 421 g/mol. The molecule has 0 bridgehead atoms. The van der Waals surface area contributed by atoms with Crippen LogP contribution in [0.3, 0.4) is 0 Å². The third-order valence-electron chi connectivity index (χ3n) is 5.47. The minimum Gasteiger partial charge on any atom is -0.457 e. The molecule has 0 spiro atoms. The fourth-order valence-corrected chi connectivity index (χ4v) is 3.84. The SMILES string of the molecule is Cc1ccc(Oc2ccc(NC(=O)CN3C(=O)C(=O)N(C4CCCC4)C3=O)cc2)cc1. The van der Waals surface area contributed by atoms with E-state index in [9.17, 15) is 19.2 Å². The van der Waals surface area contributed by atoms with E-state index >= 15 is 0 Å². The van der Waals surface area contributed by atoms with E-state index in [1.54, 1.807) is 24.3 Å². The van der Waals surface area contributed by atoms with Crippen LogP contribution >= 0.6 is 0 Å². The summed E-state index contributed by atoms with van der Waals surface area (Å²) in [5.41, 5.74) is 1.62. The van der Waals surface area contributed by atoms with Gasteiger partial charge in [0.05, 0.1) is 0 Å². The number of hydrogen-bond donors (Lipinski definition) is 1. The Bertz CT molecular complexity index is 1010. The molecule has 1 saturated carbocycles. The van der Waals surface area contributed by atoms with Gasteiger partial charge in [-0.15, -0.1) is 0 Å². The molecule has 0 aromatic heterocycles. The van der Waals surface area contributed by atoms with Gasteiger partial charge in [-0.25, -0.2) is 9.69 Å². The molecule has 1 aliphatic heterocycles. The van der Waals surface area contributed by atoms with Crippen LogP contribution in [0.1, 0.15) is 31.2 Å². The molecule has 1 saturated heterocycles. The van der Waals surface area contributed by atoms with Gasteiger partial charge in [0.25, 0.3) is 0 Å². The molecule has 5 amide bonds. The van der Waals surface area contributed by atoms with E-state index in [-0.39, 0.29) is 6.04 Å². The van der Waals surface area contributed by atoms with Crippen LogP contribution in [0.4, 0.5) is 10.5 Å². The van der Waals surface area contributed by atoms with Gasteiger partial charge in [-0.1, -0.05) is 30.5 Å². The maximum absolute atomic E-state index is 12.6. The number of urea groups is 1. The molecule has 2 aliphatic rings. The largest absolute Gasteiger partial charge is 0.457 e. The van der Waals surface area contributed by atoms with Crippen LogP contribution in [0.2, 0.25) is 0 Å². The Morgan fingerprint density at radius 2 is 1.52 bits per heavy atom. The number of nitrogens with zero attached hydrogens (tertiary/aromatic N) is 2. The van der Waals surface area contributed by atoms with Crippen LogP contribution < -0.4 is 10.1 Å². The van der Waals surface area contributed by atoms with Crippen molar-refractivity contribution in [2.24, 2.45) is 0 Å². The zero-order chi connectivity index (χ0) is 22.0. The molecule has 2 aromatic carbocycles. The standard InChI is InChI=1S/C23H23N3O5/c1-15-6-10-18(11-7-15)31-19-12-8-16(9-13-19)24-20(27)14-25-21(28)22(29)26(23(25)30)17-4-2-3-5-17/h6-13,17H,2-5,14H2,1H3,(H,24,27). The van der Waals surface area contributed by atoms with Crippen molar-refractivity contribution in [2.75, 3.05) is 11.9 Å². The summed E-state index contributed by atoms with van der Waals surface area (Å²) in [7, 11) is 0. The zero-order valence-electron chi connectivity index (χ0n) is 17.2. The van der Waals surface area contributed by atoms with Crippen molar-refractivity contribution in [1.82, 2.24) is 9.80 Å². The van der Waals surface area contributed by atoms with E-state index in [1.165, 1.54) is 0 Å². The van der Waals surface area contributed by atoms with Gasteiger partial charge >= 0.3 is 17.8 Å². The third kappa shape index (κ3) is 4.42. The lowest BCUT2D eigenvalue weighted by atomic mass is 10.2. The summed E-state index contributed by atoms with van der Waals surface area (Å²) in [4.78, 5) is 51.1. The summed E-state index contributed by atoms with van der Waals surface area (Å²) in [5.74, 6) is -1.05. The smallest absolute Gasteiger partial charge is 0.334 e. The van der Waals surface area contributed by atoms with Gasteiger partial charge in [0.2, 0.25) is 5.91 Å². The molecule has 1 heterocycles. The van der Waals surface area contributed by atoms with Crippen molar-refractivity contribution < 1.29 is 23.9 Å². The molecular weight excluding hydrogens is 398 g/mol. The highest BCUT2D eigenvalue weighted by Crippen LogP contribution is 2.28. The Morgan fingerprint density at radius 1 is 0.935 bits per heavy atom. The Hall–Kier alpha value is -3.68. The van der Waals surface area contributed by atoms with Crippen molar-refractivity contribution in [3.63, 3.8) is 0 Å². The van der Waals surface area contributed by atoms with E-state index in [4.69, 9.17) is 4.74 Å². The minimum absolute atomic E-state index is 0.252. The lowest BCUT2D eigenvalue weighted by Crippen LogP contribution is -2.41. The van der Waals surface area contributed by atoms with E-state index in [0.29, 0.717) is 34.9 Å². The number of imide groups is 2. The highest BCUT2D eigenvalue weighted by atomic mass is 16.5. The predicted octanol–water partition coefficient (Wildman–Crippen LogP) is 3.46. The summed E-state index contributed by atoms with van der Waals surface area (Å²) in [6.45, 7) is 1.49. The molecule has 2 aromatic rings. The molecule has 8 nitrogen and oxygen atoms in total. The van der Waals surface area contributed by atoms with Gasteiger partial charge in [0, 0.05) is 11.7 Å². The quantitative estimate of drug-likeness (QED) is 0.569. The van der Waals surface area contributed by atoms with Crippen molar-refractivity contribution in [1.29, 1.82) is 0 Å². The number of amides is 5. The molecule has 0 radical (unpaired) electrons. The molecule has 160 valence electrons. The van der Waals surface area contributed by atoms with Crippen molar-refractivity contribution >= 4 is 29.4 Å². The normalized spacial score (nSPS) is 16.9. The zero-order valence-corrected chi connectivity index (χ0v) is 17.2. The second-order valence-corrected chi connectivity index (χ2v) is 7.77. The topological polar surface area (TPSA) is 96.0 Å². The summed E-state index contributed by atoms with van der Waals surface area (Å²) < 4.78 is 5.75. The fraction of sp³-hybridized carbons (Fsp3) is 0.304. The average Bonchev–Trinajstić information content (AvgIpc) is 3.34. The number of hydrogen-bond acceptors (Lipinski definition) is 5. The molecule has 4 rings (SSSR count). The first kappa shape index (κ1) is 20.6. The summed E-state index contributed by atoms with van der Waals surface area (Å²) >= 11 is 0. The first-order valence-electron chi connectivity index (χ1n) is 10.3. The van der Waals surface area contributed by atoms with Gasteiger partial charge < -0.3 is 10.1 Å². The van der Waals surface area contributed by atoms with Gasteiger partial charge in [-0.3, -0.25) is 19.3 Å². The lowest BCUT2D eigenvalue weighted by molar-refractivity contribution is -0.144. The van der Waals surface area contributed by atoms with Crippen LogP contribution in [0.25, 0.3) is 0 Å². The molecule has 0 atom stereocenters. The fourth-order valence-electron chi connectivity index (χ4n) is 3.84. The summed E-state index contributed by atoms with van der Waals surface area (Å²) in [6, 6.07) is 13.4. The van der Waals surface area contributed by atoms with Crippen LogP contribution in [0, 0.1) is 6.92 Å². The first-order valence-corrected chi connectivity index (χ1v) is 10.3. The van der Waals surface area contributed by atoms with E-state index < -0.39 is 30.3 Å². The Balaban J connectivity index is 1.35. The number of ether oxygens (including phenoxy) is 1. The van der Waals surface area contributed by atoms with Gasteiger partial charge in [0.1, 0.15) is 18.0 Å². The van der Waals surface area contributed by atoms with E-state index in [2.05, 4.69) is 5.32 Å². The molecule has 2 fully saturated rings. The Kier molecular flexibility index (Phi) is 5.70. The maximum Gasteiger partial charge on any atom is 0.334 e. The number of carbonyl (C=O) groups excluding carboxylic acids is 4. The lowest BCUT2D eigenvalue weighted by Gasteiger charge is -2.20. The maximum atomic E-state index is 12.6. The summed E-state index contributed by atoms with van der Waals surface area (Å²) in [5, 5.41) is 2.64. The van der Waals surface area contributed by atoms with E-state index in [1.807, 2.05) is 31.2 Å². The van der Waals surface area contributed by atoms with Crippen LogP contribution in [-0.2, 0) is 14.4 Å². The van der Waals surface area contributed by atoms with Crippen molar-refractivity contribution in [3.8, 4) is 11.5 Å². The van der Waals surface area contributed by atoms with Gasteiger partial charge in [-0.2, -0.15) is 0 Å². The van der Waals surface area contributed by atoms with Crippen molar-refractivity contribution in [2.45, 2.75) is 38.6 Å². The third-order valence-corrected chi connectivity index (χ3v) is 5.47. The van der Waals surface area contributed by atoms with Gasteiger partial charge in [0.15, 0.2) is 0 Å². The second kappa shape index (κ2) is 8.59. The van der Waals surface area contributed by atoms with E-state index in [0.717, 1.165) is 23.3 Å². The number of anilines is 1. The van der Waals surface area contributed by atoms with Crippen molar-refractivity contribution in [3.05, 3.63) is 54.1 Å². The molecular formula is C23H23N3O5. The number of rotatable bonds is 6. The highest BCUT2D eigenvalue weighted by molar-refractivity contribution is 6.45. The number of carbonyl (C=O) groups is 4. The molecule has 1 aliphatic carbocycles. The van der Waals surface area contributed by atoms with Gasteiger partial charge in [-0.05, 0) is 56.2 Å². The number of nitrogens with one attached hydrogen (secondary N) is 1. The minimum atomic E-state index is -0.950. The molecule has 1 N–H and O–H groups in total. The van der Waals surface area contributed by atoms with Crippen LogP contribution in [0.15, 0.2) is 48.5 Å². The molecule has 0 unspecified atom stereocenters. The van der Waals surface area contributed by atoms with Crippen LogP contribution in [0.5, 0.6) is 11.5 Å². The first-order chi connectivity index (χ1) is 14.9. The average molecular weight is 421 g/mol. The second-order valence-electron chi connectivity index (χ2n) is 7.77. The predicted molar refractivity (Wildman–Crippen MR) is 113 cm³/mol. The highest BCUT2D eigenvalue weighted by Gasteiger charge is 2.48. The number of benzene rings is 2. The number of aryl methyl sites for hydroxylation is 1. The summed E-state index contributed by atoms with van der Waals surface area (Å²) in [6.07, 6.45) is 3.23.